The third-order valence-corrected chi connectivity index (χ3v) is 7.28. The fourth-order valence-corrected chi connectivity index (χ4v) is 5.23. The average Bonchev–Trinajstić information content (AvgIpc) is 3.05. The average molecular weight is 591 g/mol. The van der Waals surface area contributed by atoms with Gasteiger partial charge in [-0.2, -0.15) is 0 Å². The standard InChI is InChI=1S/C35H28BF2NO5/c1-41-27-19-29-32(31(20-27)44-36(37)38)34(40)28-17-18-30(42-22-25-13-7-3-8-14-25)35(43-23-26-15-9-4-10-16-26)33(28)39(29)21-24-11-5-2-6-12-24/h2-20H,21-23H2,1H3. The highest BCUT2D eigenvalue weighted by atomic mass is 19.2. The molecular weight excluding hydrogens is 563 g/mol. The lowest BCUT2D eigenvalue weighted by Crippen LogP contribution is -2.17. The number of methoxy groups -OCH3 is 1. The van der Waals surface area contributed by atoms with Crippen molar-refractivity contribution >= 4 is 29.3 Å². The van der Waals surface area contributed by atoms with Gasteiger partial charge in [0.15, 0.2) is 11.5 Å². The summed E-state index contributed by atoms with van der Waals surface area (Å²) in [5, 5.41) is 0.286. The molecule has 1 heterocycles. The number of fused-ring (bicyclic) bond motifs is 2. The molecule has 0 N–H and O–H groups in total. The lowest BCUT2D eigenvalue weighted by Gasteiger charge is -2.22. The van der Waals surface area contributed by atoms with Crippen molar-refractivity contribution in [3.8, 4) is 23.0 Å². The highest BCUT2D eigenvalue weighted by Crippen LogP contribution is 2.40. The molecule has 6 aromatic rings. The topological polar surface area (TPSA) is 58.9 Å². The van der Waals surface area contributed by atoms with Crippen molar-refractivity contribution in [3.63, 3.8) is 0 Å². The van der Waals surface area contributed by atoms with Crippen LogP contribution in [0.5, 0.6) is 23.0 Å². The van der Waals surface area contributed by atoms with Gasteiger partial charge < -0.3 is 23.4 Å². The van der Waals surface area contributed by atoms with Gasteiger partial charge in [-0.1, -0.05) is 91.0 Å². The molecule has 0 radical (unpaired) electrons. The molecular formula is C35H28BF2NO5. The Labute approximate surface area is 253 Å². The molecule has 0 fully saturated rings. The number of hydrogen-bond donors (Lipinski definition) is 0. The maximum Gasteiger partial charge on any atom is 0.796 e. The number of pyridine rings is 1. The second-order valence-electron chi connectivity index (χ2n) is 10.1. The summed E-state index contributed by atoms with van der Waals surface area (Å²) in [6.45, 7) is 0.765. The third kappa shape index (κ3) is 6.08. The molecule has 0 aliphatic heterocycles. The molecule has 0 saturated heterocycles. The Bertz CT molecular complexity index is 1950. The molecule has 9 heteroatoms. The number of aromatic nitrogens is 1. The molecule has 0 bridgehead atoms. The summed E-state index contributed by atoms with van der Waals surface area (Å²) in [7, 11) is -1.71. The second kappa shape index (κ2) is 12.9. The van der Waals surface area contributed by atoms with Crippen molar-refractivity contribution < 1.29 is 27.5 Å². The summed E-state index contributed by atoms with van der Waals surface area (Å²) in [6.07, 6.45) is 0. The monoisotopic (exact) mass is 591 g/mol. The van der Waals surface area contributed by atoms with E-state index < -0.39 is 12.9 Å². The Morgan fingerprint density at radius 3 is 1.89 bits per heavy atom. The van der Waals surface area contributed by atoms with Crippen LogP contribution in [0.1, 0.15) is 16.7 Å². The minimum absolute atomic E-state index is 0.0153. The maximum absolute atomic E-state index is 14.1. The summed E-state index contributed by atoms with van der Waals surface area (Å²) in [4.78, 5) is 14.1. The minimum Gasteiger partial charge on any atom is -0.504 e. The van der Waals surface area contributed by atoms with E-state index in [0.29, 0.717) is 29.1 Å². The fraction of sp³-hybridized carbons (Fsp3) is 0.114. The van der Waals surface area contributed by atoms with Gasteiger partial charge >= 0.3 is 7.47 Å². The van der Waals surface area contributed by atoms with E-state index in [1.807, 2.05) is 95.6 Å². The van der Waals surface area contributed by atoms with E-state index in [-0.39, 0.29) is 35.5 Å². The molecule has 6 rings (SSSR count). The predicted octanol–water partition coefficient (Wildman–Crippen LogP) is 7.67. The second-order valence-corrected chi connectivity index (χ2v) is 10.1. The van der Waals surface area contributed by atoms with Crippen LogP contribution in [0.15, 0.2) is 120 Å². The molecule has 0 unspecified atom stereocenters. The number of benzene rings is 5. The SMILES string of the molecule is COc1cc(OB(F)F)c2c(=O)c3ccc(OCc4ccccc4)c(OCc4ccccc4)c3n(Cc3ccccc3)c2c1. The van der Waals surface area contributed by atoms with E-state index >= 15 is 0 Å². The van der Waals surface area contributed by atoms with Crippen molar-refractivity contribution in [3.05, 3.63) is 142 Å². The van der Waals surface area contributed by atoms with Gasteiger partial charge in [-0.15, -0.1) is 0 Å². The smallest absolute Gasteiger partial charge is 0.504 e. The molecule has 6 nitrogen and oxygen atoms in total. The van der Waals surface area contributed by atoms with Crippen molar-refractivity contribution in [1.29, 1.82) is 0 Å². The molecule has 0 aliphatic rings. The van der Waals surface area contributed by atoms with Crippen LogP contribution in [0.25, 0.3) is 21.8 Å². The van der Waals surface area contributed by atoms with E-state index in [1.165, 1.54) is 13.2 Å². The van der Waals surface area contributed by atoms with Crippen molar-refractivity contribution in [2.75, 3.05) is 7.11 Å². The summed E-state index contributed by atoms with van der Waals surface area (Å²) >= 11 is 0. The molecule has 0 aliphatic carbocycles. The summed E-state index contributed by atoms with van der Waals surface area (Å²) < 4.78 is 52.1. The normalized spacial score (nSPS) is 11.0. The van der Waals surface area contributed by atoms with Crippen LogP contribution in [-0.2, 0) is 19.8 Å². The minimum atomic E-state index is -3.14. The molecule has 0 saturated carbocycles. The molecule has 0 amide bonds. The van der Waals surface area contributed by atoms with E-state index in [0.717, 1.165) is 16.7 Å². The highest BCUT2D eigenvalue weighted by molar-refractivity contribution is 6.35. The quantitative estimate of drug-likeness (QED) is 0.114. The van der Waals surface area contributed by atoms with E-state index in [4.69, 9.17) is 18.9 Å². The van der Waals surface area contributed by atoms with Crippen LogP contribution < -0.4 is 24.3 Å². The first-order valence-corrected chi connectivity index (χ1v) is 14.0. The summed E-state index contributed by atoms with van der Waals surface area (Å²) in [5.41, 5.74) is 3.14. The molecule has 5 aromatic carbocycles. The molecule has 0 atom stereocenters. The van der Waals surface area contributed by atoms with Crippen LogP contribution in [0.3, 0.4) is 0 Å². The Balaban J connectivity index is 1.64. The zero-order valence-corrected chi connectivity index (χ0v) is 23.9. The third-order valence-electron chi connectivity index (χ3n) is 7.28. The number of halogens is 2. The van der Waals surface area contributed by atoms with Crippen LogP contribution in [0, 0.1) is 0 Å². The zero-order chi connectivity index (χ0) is 30.5. The molecule has 0 spiro atoms. The maximum atomic E-state index is 14.1. The Morgan fingerprint density at radius 1 is 0.705 bits per heavy atom. The first kappa shape index (κ1) is 28.8. The predicted molar refractivity (Wildman–Crippen MR) is 168 cm³/mol. The van der Waals surface area contributed by atoms with Gasteiger partial charge in [-0.25, -0.2) is 8.63 Å². The Kier molecular flexibility index (Phi) is 8.45. The first-order chi connectivity index (χ1) is 21.5. The van der Waals surface area contributed by atoms with Gasteiger partial charge in [0.1, 0.15) is 24.7 Å². The van der Waals surface area contributed by atoms with Gasteiger partial charge in [-0.05, 0) is 28.8 Å². The number of rotatable bonds is 11. The van der Waals surface area contributed by atoms with Gasteiger partial charge in [0.2, 0.25) is 5.43 Å². The van der Waals surface area contributed by atoms with Gasteiger partial charge in [0.05, 0.1) is 28.9 Å². The Morgan fingerprint density at radius 2 is 1.30 bits per heavy atom. The van der Waals surface area contributed by atoms with Crippen LogP contribution in [-0.4, -0.2) is 19.1 Å². The van der Waals surface area contributed by atoms with E-state index in [1.54, 1.807) is 18.2 Å². The van der Waals surface area contributed by atoms with Gasteiger partial charge in [0.25, 0.3) is 0 Å². The van der Waals surface area contributed by atoms with Crippen molar-refractivity contribution in [2.24, 2.45) is 0 Å². The van der Waals surface area contributed by atoms with Gasteiger partial charge in [0, 0.05) is 18.7 Å². The van der Waals surface area contributed by atoms with Gasteiger partial charge in [-0.3, -0.25) is 4.79 Å². The van der Waals surface area contributed by atoms with Crippen molar-refractivity contribution in [1.82, 2.24) is 4.57 Å². The number of nitrogens with zero attached hydrogens (tertiary/aromatic N) is 1. The van der Waals surface area contributed by atoms with E-state index in [2.05, 4.69) is 0 Å². The molecule has 1 aromatic heterocycles. The first-order valence-electron chi connectivity index (χ1n) is 14.0. The fourth-order valence-electron chi connectivity index (χ4n) is 5.23. The highest BCUT2D eigenvalue weighted by Gasteiger charge is 2.26. The largest absolute Gasteiger partial charge is 0.796 e. The van der Waals surface area contributed by atoms with Crippen LogP contribution in [0.2, 0.25) is 0 Å². The van der Waals surface area contributed by atoms with E-state index in [9.17, 15) is 13.4 Å². The Hall–Kier alpha value is -5.31. The van der Waals surface area contributed by atoms with Crippen molar-refractivity contribution in [2.45, 2.75) is 19.8 Å². The summed E-state index contributed by atoms with van der Waals surface area (Å²) in [5.74, 6) is 0.789. The summed E-state index contributed by atoms with van der Waals surface area (Å²) in [6, 6.07) is 35.3. The van der Waals surface area contributed by atoms with Crippen LogP contribution in [0.4, 0.5) is 8.63 Å². The molecule has 220 valence electrons. The number of ether oxygens (including phenoxy) is 3. The lowest BCUT2D eigenvalue weighted by atomic mass is 10.1. The molecule has 44 heavy (non-hydrogen) atoms. The zero-order valence-electron chi connectivity index (χ0n) is 23.9. The lowest BCUT2D eigenvalue weighted by molar-refractivity contribution is 0.258. The number of hydrogen-bond acceptors (Lipinski definition) is 5. The van der Waals surface area contributed by atoms with Crippen LogP contribution >= 0.6 is 0 Å².